The van der Waals surface area contributed by atoms with Crippen molar-refractivity contribution in [1.29, 1.82) is 0 Å². The van der Waals surface area contributed by atoms with Crippen LogP contribution in [0.5, 0.6) is 0 Å². The van der Waals surface area contributed by atoms with Gasteiger partial charge in [-0.1, -0.05) is 6.92 Å². The number of nitro groups is 2. The Balaban J connectivity index is 3.72. The molecule has 1 aromatic carbocycles. The van der Waals surface area contributed by atoms with Crippen molar-refractivity contribution < 1.29 is 24.2 Å². The van der Waals surface area contributed by atoms with Crippen LogP contribution in [0.4, 0.5) is 11.4 Å². The number of nitro benzene ring substituents is 2. The van der Waals surface area contributed by atoms with E-state index in [1.807, 2.05) is 0 Å². The third-order valence-corrected chi connectivity index (χ3v) is 3.60. The van der Waals surface area contributed by atoms with Gasteiger partial charge in [-0.2, -0.15) is 0 Å². The average molecular weight is 324 g/mol. The topological polar surface area (TPSA) is 130 Å². The first-order valence-corrected chi connectivity index (χ1v) is 6.83. The fourth-order valence-corrected chi connectivity index (χ4v) is 2.43. The number of Topliss-reactive ketones (excluding diaryl/α,β-unsaturated/α-hetero) is 1. The molecule has 0 bridgehead atoms. The summed E-state index contributed by atoms with van der Waals surface area (Å²) in [6.45, 7) is 4.19. The predicted molar refractivity (Wildman–Crippen MR) is 79.0 cm³/mol. The van der Waals surface area contributed by atoms with E-state index < -0.39 is 38.4 Å². The molecule has 124 valence electrons. The molecule has 23 heavy (non-hydrogen) atoms. The van der Waals surface area contributed by atoms with Crippen LogP contribution in [0.3, 0.4) is 0 Å². The van der Waals surface area contributed by atoms with E-state index in [4.69, 9.17) is 4.74 Å². The number of hydrogen-bond acceptors (Lipinski definition) is 7. The van der Waals surface area contributed by atoms with Crippen molar-refractivity contribution in [3.8, 4) is 0 Å². The first kappa shape index (κ1) is 18.2. The van der Waals surface area contributed by atoms with E-state index in [1.165, 1.54) is 6.92 Å². The molecular formula is C14H16N2O7. The smallest absolute Gasteiger partial charge is 0.324 e. The summed E-state index contributed by atoms with van der Waals surface area (Å²) in [6, 6.07) is 2.83. The summed E-state index contributed by atoms with van der Waals surface area (Å²) in [5.41, 5.74) is -3.24. The van der Waals surface area contributed by atoms with Gasteiger partial charge in [0, 0.05) is 6.07 Å². The largest absolute Gasteiger partial charge is 0.465 e. The number of ether oxygens (including phenoxy) is 1. The number of esters is 1. The molecule has 0 heterocycles. The van der Waals surface area contributed by atoms with E-state index in [2.05, 4.69) is 0 Å². The maximum Gasteiger partial charge on any atom is 0.324 e. The van der Waals surface area contributed by atoms with Gasteiger partial charge < -0.3 is 4.74 Å². The minimum Gasteiger partial charge on any atom is -0.465 e. The van der Waals surface area contributed by atoms with Crippen LogP contribution >= 0.6 is 0 Å². The molecule has 0 fully saturated rings. The number of carbonyl (C=O) groups is 2. The molecule has 0 aromatic heterocycles. The third-order valence-electron chi connectivity index (χ3n) is 3.60. The van der Waals surface area contributed by atoms with E-state index in [9.17, 15) is 29.8 Å². The molecule has 0 aliphatic carbocycles. The second-order valence-electron chi connectivity index (χ2n) is 4.75. The highest BCUT2D eigenvalue weighted by atomic mass is 16.6. The van der Waals surface area contributed by atoms with Gasteiger partial charge in [-0.25, -0.2) is 0 Å². The Morgan fingerprint density at radius 2 is 1.78 bits per heavy atom. The number of rotatable bonds is 7. The van der Waals surface area contributed by atoms with Gasteiger partial charge in [0.1, 0.15) is 0 Å². The number of hydrogen-bond donors (Lipinski definition) is 0. The number of benzene rings is 1. The van der Waals surface area contributed by atoms with Crippen LogP contribution in [0.25, 0.3) is 0 Å². The van der Waals surface area contributed by atoms with E-state index in [-0.39, 0.29) is 18.6 Å². The Labute approximate surface area is 131 Å². The Kier molecular flexibility index (Phi) is 5.50. The summed E-state index contributed by atoms with van der Waals surface area (Å²) >= 11 is 0. The van der Waals surface area contributed by atoms with E-state index in [1.54, 1.807) is 6.92 Å². The van der Waals surface area contributed by atoms with Gasteiger partial charge in [-0.3, -0.25) is 29.8 Å². The Morgan fingerprint density at radius 1 is 1.17 bits per heavy atom. The van der Waals surface area contributed by atoms with Crippen LogP contribution in [-0.2, 0) is 19.7 Å². The van der Waals surface area contributed by atoms with Gasteiger partial charge in [-0.15, -0.1) is 0 Å². The molecule has 0 saturated heterocycles. The fraction of sp³-hybridized carbons (Fsp3) is 0.429. The predicted octanol–water partition coefficient (Wildman–Crippen LogP) is 2.30. The minimum atomic E-state index is -1.87. The molecule has 9 heteroatoms. The molecule has 0 aliphatic rings. The molecule has 1 atom stereocenters. The summed E-state index contributed by atoms with van der Waals surface area (Å²) in [4.78, 5) is 44.9. The SMILES string of the molecule is CCOC(=O)C(CC)(C(C)=O)c1ccc([N+](=O)[O-])cc1[N+](=O)[O-]. The van der Waals surface area contributed by atoms with E-state index in [0.717, 1.165) is 25.1 Å². The molecular weight excluding hydrogens is 308 g/mol. The maximum atomic E-state index is 12.3. The van der Waals surface area contributed by atoms with Gasteiger partial charge >= 0.3 is 5.97 Å². The van der Waals surface area contributed by atoms with Gasteiger partial charge in [0.05, 0.1) is 28.1 Å². The van der Waals surface area contributed by atoms with Crippen LogP contribution in [0, 0.1) is 20.2 Å². The fourth-order valence-electron chi connectivity index (χ4n) is 2.43. The van der Waals surface area contributed by atoms with Gasteiger partial charge in [0.15, 0.2) is 11.2 Å². The van der Waals surface area contributed by atoms with E-state index >= 15 is 0 Å². The summed E-state index contributed by atoms with van der Waals surface area (Å²) in [5.74, 6) is -1.54. The standard InChI is InChI=1S/C14H16N2O7/c1-4-14(9(3)17,13(18)23-5-2)11-7-6-10(15(19)20)8-12(11)16(21)22/h6-8H,4-5H2,1-3H3. The van der Waals surface area contributed by atoms with Crippen molar-refractivity contribution in [2.45, 2.75) is 32.6 Å². The molecule has 0 saturated carbocycles. The van der Waals surface area contributed by atoms with Crippen molar-refractivity contribution in [1.82, 2.24) is 0 Å². The lowest BCUT2D eigenvalue weighted by atomic mass is 9.74. The van der Waals surface area contributed by atoms with Crippen LogP contribution in [-0.4, -0.2) is 28.2 Å². The highest BCUT2D eigenvalue weighted by Gasteiger charge is 2.49. The molecule has 1 rings (SSSR count). The van der Waals surface area contributed by atoms with Crippen molar-refractivity contribution in [2.75, 3.05) is 6.61 Å². The molecule has 0 amide bonds. The lowest BCUT2D eigenvalue weighted by Crippen LogP contribution is -2.43. The lowest BCUT2D eigenvalue weighted by molar-refractivity contribution is -0.394. The summed E-state index contributed by atoms with van der Waals surface area (Å²) in [5, 5.41) is 22.1. The summed E-state index contributed by atoms with van der Waals surface area (Å²) < 4.78 is 4.91. The highest BCUT2D eigenvalue weighted by molar-refractivity contribution is 6.09. The third kappa shape index (κ3) is 3.17. The second-order valence-corrected chi connectivity index (χ2v) is 4.75. The Hall–Kier alpha value is -2.84. The molecule has 1 aromatic rings. The number of ketones is 1. The van der Waals surface area contributed by atoms with E-state index in [0.29, 0.717) is 0 Å². The zero-order valence-electron chi connectivity index (χ0n) is 12.9. The van der Waals surface area contributed by atoms with Gasteiger partial charge in [0.2, 0.25) is 0 Å². The zero-order chi connectivity index (χ0) is 17.8. The first-order valence-electron chi connectivity index (χ1n) is 6.83. The molecule has 0 aliphatic heterocycles. The second kappa shape index (κ2) is 6.95. The van der Waals surface area contributed by atoms with Crippen molar-refractivity contribution in [3.63, 3.8) is 0 Å². The Bertz CT molecular complexity index is 671. The molecule has 0 spiro atoms. The zero-order valence-corrected chi connectivity index (χ0v) is 12.9. The van der Waals surface area contributed by atoms with Gasteiger partial charge in [0.25, 0.3) is 11.4 Å². The number of non-ortho nitro benzene ring substituents is 1. The number of carbonyl (C=O) groups excluding carboxylic acids is 2. The number of nitrogens with zero attached hydrogens (tertiary/aromatic N) is 2. The molecule has 0 radical (unpaired) electrons. The maximum absolute atomic E-state index is 12.3. The average Bonchev–Trinajstić information content (AvgIpc) is 2.48. The summed E-state index contributed by atoms with van der Waals surface area (Å²) in [6.07, 6.45) is -0.0696. The monoisotopic (exact) mass is 324 g/mol. The van der Waals surface area contributed by atoms with Crippen molar-refractivity contribution in [2.24, 2.45) is 0 Å². The Morgan fingerprint density at radius 3 is 2.17 bits per heavy atom. The highest BCUT2D eigenvalue weighted by Crippen LogP contribution is 2.38. The molecule has 0 N–H and O–H groups in total. The normalized spacial score (nSPS) is 13.0. The van der Waals surface area contributed by atoms with Crippen LogP contribution in [0.1, 0.15) is 32.8 Å². The van der Waals surface area contributed by atoms with Crippen molar-refractivity contribution in [3.05, 3.63) is 44.0 Å². The lowest BCUT2D eigenvalue weighted by Gasteiger charge is -2.27. The van der Waals surface area contributed by atoms with Crippen LogP contribution in [0.15, 0.2) is 18.2 Å². The van der Waals surface area contributed by atoms with Crippen LogP contribution < -0.4 is 0 Å². The summed E-state index contributed by atoms with van der Waals surface area (Å²) in [7, 11) is 0. The molecule has 9 nitrogen and oxygen atoms in total. The minimum absolute atomic E-state index is 0.00532. The quantitative estimate of drug-likeness (QED) is 0.325. The first-order chi connectivity index (χ1) is 10.7. The molecule has 1 unspecified atom stereocenters. The van der Waals surface area contributed by atoms with Crippen molar-refractivity contribution >= 4 is 23.1 Å². The van der Waals surface area contributed by atoms with Crippen LogP contribution in [0.2, 0.25) is 0 Å². The van der Waals surface area contributed by atoms with Gasteiger partial charge in [-0.05, 0) is 26.3 Å².